The molecule has 1 fully saturated rings. The molecule has 3 atom stereocenters. The van der Waals surface area contributed by atoms with Gasteiger partial charge in [0.25, 0.3) is 0 Å². The van der Waals surface area contributed by atoms with Crippen LogP contribution in [0.4, 0.5) is 19.0 Å². The Bertz CT molecular complexity index is 873. The van der Waals surface area contributed by atoms with Crippen LogP contribution < -0.4 is 5.32 Å². The lowest BCUT2D eigenvalue weighted by Crippen LogP contribution is -2.38. The van der Waals surface area contributed by atoms with Crippen molar-refractivity contribution in [3.05, 3.63) is 29.7 Å². The van der Waals surface area contributed by atoms with Crippen molar-refractivity contribution in [2.24, 2.45) is 0 Å². The monoisotopic (exact) mass is 396 g/mol. The molecule has 1 unspecified atom stereocenters. The number of likely N-dealkylation sites (tertiary alicyclic amines) is 1. The van der Waals surface area contributed by atoms with Gasteiger partial charge in [0.1, 0.15) is 12.4 Å². The van der Waals surface area contributed by atoms with Crippen LogP contribution in [0.5, 0.6) is 0 Å². The second-order valence-corrected chi connectivity index (χ2v) is 7.70. The van der Waals surface area contributed by atoms with Crippen molar-refractivity contribution in [3.8, 4) is 0 Å². The van der Waals surface area contributed by atoms with E-state index in [1.165, 1.54) is 0 Å². The Morgan fingerprint density at radius 1 is 1.39 bits per heavy atom. The van der Waals surface area contributed by atoms with Crippen molar-refractivity contribution < 1.29 is 18.0 Å². The molecule has 0 bridgehead atoms. The highest BCUT2D eigenvalue weighted by atomic mass is 19.4. The number of hydrogen-bond acceptors (Lipinski definition) is 4. The van der Waals surface area contributed by atoms with Crippen molar-refractivity contribution in [2.75, 3.05) is 11.9 Å². The molecule has 1 amide bonds. The number of anilines is 1. The van der Waals surface area contributed by atoms with Crippen molar-refractivity contribution in [2.45, 2.75) is 64.0 Å². The van der Waals surface area contributed by atoms with Crippen LogP contribution in [-0.2, 0) is 11.3 Å². The Balaban J connectivity index is 1.57. The number of hydrogen-bond donors (Lipinski definition) is 1. The molecule has 1 saturated heterocycles. The molecule has 0 aliphatic carbocycles. The van der Waals surface area contributed by atoms with E-state index in [1.807, 2.05) is 6.92 Å². The minimum Gasteiger partial charge on any atom is -0.368 e. The second-order valence-electron chi connectivity index (χ2n) is 7.70. The maximum atomic E-state index is 13.5. The van der Waals surface area contributed by atoms with E-state index < -0.39 is 12.2 Å². The number of aromatic nitrogens is 4. The first-order valence-electron chi connectivity index (χ1n) is 9.43. The minimum atomic E-state index is -4.36. The van der Waals surface area contributed by atoms with Crippen molar-refractivity contribution in [3.63, 3.8) is 0 Å². The van der Waals surface area contributed by atoms with E-state index >= 15 is 0 Å². The van der Waals surface area contributed by atoms with Crippen LogP contribution in [0.25, 0.3) is 0 Å². The fourth-order valence-electron chi connectivity index (χ4n) is 4.10. The van der Waals surface area contributed by atoms with Crippen LogP contribution in [0.15, 0.2) is 18.5 Å². The van der Waals surface area contributed by atoms with Gasteiger partial charge in [0.2, 0.25) is 5.91 Å². The van der Waals surface area contributed by atoms with Gasteiger partial charge in [-0.1, -0.05) is 0 Å². The largest absolute Gasteiger partial charge is 0.410 e. The summed E-state index contributed by atoms with van der Waals surface area (Å²) in [6.45, 7) is 4.30. The number of nitrogens with one attached hydrogen (secondary N) is 1. The fourth-order valence-corrected chi connectivity index (χ4v) is 4.10. The lowest BCUT2D eigenvalue weighted by molar-refractivity contribution is -0.173. The molecule has 4 heterocycles. The van der Waals surface area contributed by atoms with Gasteiger partial charge >= 0.3 is 6.18 Å². The number of alkyl halides is 3. The third-order valence-corrected chi connectivity index (χ3v) is 5.37. The first-order valence-corrected chi connectivity index (χ1v) is 9.43. The molecule has 0 spiro atoms. The van der Waals surface area contributed by atoms with Crippen LogP contribution in [-0.4, -0.2) is 49.1 Å². The number of aryl methyl sites for hydroxylation is 1. The maximum Gasteiger partial charge on any atom is 0.410 e. The molecule has 2 aromatic rings. The second kappa shape index (κ2) is 6.82. The molecule has 0 aromatic carbocycles. The fraction of sp³-hybridized carbons (Fsp3) is 0.611. The molecule has 2 aromatic heterocycles. The highest BCUT2D eigenvalue weighted by Gasteiger charge is 2.46. The molecule has 0 radical (unpaired) electrons. The number of fused-ring (bicyclic) bond motifs is 1. The molecule has 2 aliphatic heterocycles. The number of rotatable bonds is 3. The Hall–Kier alpha value is -2.52. The number of carbonyl (C=O) groups is 1. The Labute approximate surface area is 160 Å². The molecule has 10 heteroatoms. The number of halogens is 3. The quantitative estimate of drug-likeness (QED) is 0.866. The SMILES string of the molecule is Cc1cnn(CC(=O)N2CCCC2c2cc3n(n2)[C@@H](C(F)(F)F)C[C@@H](C)N3)c1. The summed E-state index contributed by atoms with van der Waals surface area (Å²) in [6.07, 6.45) is 0.525. The predicted octanol–water partition coefficient (Wildman–Crippen LogP) is 3.06. The van der Waals surface area contributed by atoms with Crippen molar-refractivity contribution >= 4 is 11.7 Å². The van der Waals surface area contributed by atoms with Crippen LogP contribution >= 0.6 is 0 Å². The van der Waals surface area contributed by atoms with Gasteiger partial charge in [-0.05, 0) is 38.7 Å². The summed E-state index contributed by atoms with van der Waals surface area (Å²) < 4.78 is 43.0. The Morgan fingerprint density at radius 3 is 2.86 bits per heavy atom. The standard InChI is InChI=1S/C18H23F3N6O/c1-11-8-22-25(9-11)10-17(28)26-5-3-4-14(26)13-7-16-23-12(2)6-15(18(19,20)21)27(16)24-13/h7-9,12,14-15,23H,3-6,10H2,1-2H3/t12-,14?,15-/m1/s1. The maximum absolute atomic E-state index is 13.5. The Kier molecular flexibility index (Phi) is 4.59. The highest BCUT2D eigenvalue weighted by Crippen LogP contribution is 2.41. The average Bonchev–Trinajstić information content (AvgIpc) is 3.31. The number of nitrogens with zero attached hydrogens (tertiary/aromatic N) is 5. The summed E-state index contributed by atoms with van der Waals surface area (Å²) in [5.74, 6) is 0.253. The summed E-state index contributed by atoms with van der Waals surface area (Å²) in [5, 5.41) is 11.5. The zero-order valence-electron chi connectivity index (χ0n) is 15.8. The van der Waals surface area contributed by atoms with E-state index in [-0.39, 0.29) is 31.0 Å². The van der Waals surface area contributed by atoms with Gasteiger partial charge in [0.15, 0.2) is 6.04 Å². The van der Waals surface area contributed by atoms with Crippen LogP contribution in [0.3, 0.4) is 0 Å². The summed E-state index contributed by atoms with van der Waals surface area (Å²) in [6, 6.07) is -0.602. The lowest BCUT2D eigenvalue weighted by atomic mass is 10.1. The summed E-state index contributed by atoms with van der Waals surface area (Å²) in [4.78, 5) is 14.5. The topological polar surface area (TPSA) is 68.0 Å². The van der Waals surface area contributed by atoms with Crippen LogP contribution in [0.1, 0.15) is 49.5 Å². The third kappa shape index (κ3) is 3.47. The summed E-state index contributed by atoms with van der Waals surface area (Å²) in [7, 11) is 0. The zero-order chi connectivity index (χ0) is 20.1. The number of carbonyl (C=O) groups excluding carboxylic acids is 1. The average molecular weight is 396 g/mol. The number of amides is 1. The summed E-state index contributed by atoms with van der Waals surface area (Å²) >= 11 is 0. The third-order valence-electron chi connectivity index (χ3n) is 5.37. The molecule has 0 saturated carbocycles. The predicted molar refractivity (Wildman–Crippen MR) is 95.7 cm³/mol. The van der Waals surface area contributed by atoms with E-state index in [1.54, 1.807) is 35.0 Å². The van der Waals surface area contributed by atoms with Gasteiger partial charge in [-0.15, -0.1) is 0 Å². The van der Waals surface area contributed by atoms with Gasteiger partial charge < -0.3 is 10.2 Å². The Morgan fingerprint density at radius 2 is 2.18 bits per heavy atom. The van der Waals surface area contributed by atoms with E-state index in [2.05, 4.69) is 15.5 Å². The molecular formula is C18H23F3N6O. The molecule has 4 rings (SSSR count). The molecule has 152 valence electrons. The smallest absolute Gasteiger partial charge is 0.368 e. The zero-order valence-corrected chi connectivity index (χ0v) is 15.8. The van der Waals surface area contributed by atoms with Gasteiger partial charge in [0.05, 0.1) is 17.9 Å². The minimum absolute atomic E-state index is 0.0659. The lowest BCUT2D eigenvalue weighted by Gasteiger charge is -2.31. The normalized spacial score (nSPS) is 24.9. The van der Waals surface area contributed by atoms with Gasteiger partial charge in [-0.3, -0.25) is 9.48 Å². The molecule has 1 N–H and O–H groups in total. The first-order chi connectivity index (χ1) is 13.2. The first kappa shape index (κ1) is 18.8. The highest BCUT2D eigenvalue weighted by molar-refractivity contribution is 5.76. The molecule has 28 heavy (non-hydrogen) atoms. The van der Waals surface area contributed by atoms with E-state index in [4.69, 9.17) is 0 Å². The van der Waals surface area contributed by atoms with Crippen LogP contribution in [0, 0.1) is 6.92 Å². The molecule has 7 nitrogen and oxygen atoms in total. The van der Waals surface area contributed by atoms with Gasteiger partial charge in [0, 0.05) is 24.8 Å². The summed E-state index contributed by atoms with van der Waals surface area (Å²) in [5.41, 5.74) is 1.47. The van der Waals surface area contributed by atoms with Gasteiger partial charge in [-0.25, -0.2) is 4.68 Å². The van der Waals surface area contributed by atoms with Crippen molar-refractivity contribution in [1.29, 1.82) is 0 Å². The van der Waals surface area contributed by atoms with E-state index in [9.17, 15) is 18.0 Å². The molecule has 2 aliphatic rings. The van der Waals surface area contributed by atoms with Crippen molar-refractivity contribution in [1.82, 2.24) is 24.5 Å². The van der Waals surface area contributed by atoms with Gasteiger partial charge in [-0.2, -0.15) is 23.4 Å². The van der Waals surface area contributed by atoms with E-state index in [0.717, 1.165) is 16.7 Å². The van der Waals surface area contributed by atoms with E-state index in [0.29, 0.717) is 24.5 Å². The molecular weight excluding hydrogens is 373 g/mol. The van der Waals surface area contributed by atoms with Crippen LogP contribution in [0.2, 0.25) is 0 Å².